The Morgan fingerprint density at radius 3 is 2.32 bits per heavy atom. The summed E-state index contributed by atoms with van der Waals surface area (Å²) in [5.41, 5.74) is 5.52. The molecule has 2 N–H and O–H groups in total. The molecule has 4 nitrogen and oxygen atoms in total. The summed E-state index contributed by atoms with van der Waals surface area (Å²) < 4.78 is 38.2. The molecular weight excluding hydrogens is 378 g/mol. The lowest BCUT2D eigenvalue weighted by Crippen LogP contribution is -2.50. The summed E-state index contributed by atoms with van der Waals surface area (Å²) in [6.07, 6.45) is -4.32. The highest BCUT2D eigenvalue weighted by Crippen LogP contribution is 2.29. The molecule has 1 aromatic carbocycles. The minimum Gasteiger partial charge on any atom is -0.340 e. The van der Waals surface area contributed by atoms with Crippen LogP contribution in [-0.2, 0) is 17.5 Å². The number of benzene rings is 1. The zero-order chi connectivity index (χ0) is 17.0. The Hall–Kier alpha value is -1.02. The number of piperazine rings is 1. The average Bonchev–Trinajstić information content (AvgIpc) is 2.53. The van der Waals surface area contributed by atoms with E-state index in [0.29, 0.717) is 44.8 Å². The molecule has 25 heavy (non-hydrogen) atoms. The number of nitrogens with zero attached hydrogens (tertiary/aromatic N) is 2. The molecule has 0 aromatic heterocycles. The maximum atomic E-state index is 12.7. The summed E-state index contributed by atoms with van der Waals surface area (Å²) in [4.78, 5) is 15.9. The van der Waals surface area contributed by atoms with E-state index in [1.165, 1.54) is 12.1 Å². The van der Waals surface area contributed by atoms with Crippen molar-refractivity contribution < 1.29 is 18.0 Å². The van der Waals surface area contributed by atoms with Gasteiger partial charge in [-0.05, 0) is 11.6 Å². The first kappa shape index (κ1) is 24.0. The minimum absolute atomic E-state index is 0. The first-order valence-corrected chi connectivity index (χ1v) is 7.68. The van der Waals surface area contributed by atoms with Crippen LogP contribution in [0.15, 0.2) is 24.3 Å². The van der Waals surface area contributed by atoms with Crippen LogP contribution >= 0.6 is 24.8 Å². The van der Waals surface area contributed by atoms with Gasteiger partial charge in [0.2, 0.25) is 5.91 Å². The van der Waals surface area contributed by atoms with Crippen LogP contribution in [0, 0.1) is 5.92 Å². The van der Waals surface area contributed by atoms with E-state index in [-0.39, 0.29) is 36.6 Å². The molecule has 1 aromatic rings. The van der Waals surface area contributed by atoms with E-state index >= 15 is 0 Å². The lowest BCUT2D eigenvalue weighted by atomic mass is 10.1. The van der Waals surface area contributed by atoms with Crippen LogP contribution in [0.5, 0.6) is 0 Å². The quantitative estimate of drug-likeness (QED) is 0.843. The van der Waals surface area contributed by atoms with E-state index in [9.17, 15) is 18.0 Å². The summed E-state index contributed by atoms with van der Waals surface area (Å²) in [5, 5.41) is 0. The van der Waals surface area contributed by atoms with Crippen LogP contribution in [0.1, 0.15) is 18.1 Å². The summed E-state index contributed by atoms with van der Waals surface area (Å²) in [5.74, 6) is -0.142. The summed E-state index contributed by atoms with van der Waals surface area (Å²) >= 11 is 0. The second kappa shape index (κ2) is 10.2. The Morgan fingerprint density at radius 2 is 1.80 bits per heavy atom. The van der Waals surface area contributed by atoms with Gasteiger partial charge in [0.05, 0.1) is 5.56 Å². The van der Waals surface area contributed by atoms with Gasteiger partial charge in [-0.1, -0.05) is 25.1 Å². The Labute approximate surface area is 158 Å². The van der Waals surface area contributed by atoms with Gasteiger partial charge in [-0.3, -0.25) is 9.69 Å². The summed E-state index contributed by atoms with van der Waals surface area (Å²) in [7, 11) is 0. The van der Waals surface area contributed by atoms with Crippen LogP contribution < -0.4 is 5.73 Å². The van der Waals surface area contributed by atoms with E-state index < -0.39 is 11.7 Å². The first-order valence-electron chi connectivity index (χ1n) is 7.68. The molecule has 0 bridgehead atoms. The molecule has 1 saturated heterocycles. The van der Waals surface area contributed by atoms with Gasteiger partial charge in [-0.15, -0.1) is 24.8 Å². The smallest absolute Gasteiger partial charge is 0.340 e. The molecule has 0 spiro atoms. The zero-order valence-corrected chi connectivity index (χ0v) is 15.6. The number of carbonyl (C=O) groups is 1. The van der Waals surface area contributed by atoms with Gasteiger partial charge in [0.25, 0.3) is 0 Å². The number of amides is 1. The summed E-state index contributed by atoms with van der Waals surface area (Å²) in [6, 6.07) is 5.40. The van der Waals surface area contributed by atoms with Crippen molar-refractivity contribution >= 4 is 30.7 Å². The Kier molecular flexibility index (Phi) is 9.79. The van der Waals surface area contributed by atoms with E-state index in [1.807, 2.05) is 0 Å². The second-order valence-electron chi connectivity index (χ2n) is 5.94. The monoisotopic (exact) mass is 401 g/mol. The van der Waals surface area contributed by atoms with Gasteiger partial charge >= 0.3 is 6.18 Å². The van der Waals surface area contributed by atoms with Crippen molar-refractivity contribution in [3.8, 4) is 0 Å². The second-order valence-corrected chi connectivity index (χ2v) is 5.94. The minimum atomic E-state index is -4.32. The number of nitrogens with two attached hydrogens (primary N) is 1. The highest BCUT2D eigenvalue weighted by atomic mass is 35.5. The Balaban J connectivity index is 0.00000288. The third-order valence-corrected chi connectivity index (χ3v) is 4.12. The van der Waals surface area contributed by atoms with E-state index in [2.05, 4.69) is 4.90 Å². The van der Waals surface area contributed by atoms with Gasteiger partial charge < -0.3 is 10.6 Å². The van der Waals surface area contributed by atoms with Crippen LogP contribution in [0.3, 0.4) is 0 Å². The molecule has 1 unspecified atom stereocenters. The molecule has 1 aliphatic rings. The molecule has 1 atom stereocenters. The molecule has 1 amide bonds. The third kappa shape index (κ3) is 6.66. The van der Waals surface area contributed by atoms with Crippen LogP contribution in [0.25, 0.3) is 0 Å². The normalized spacial score (nSPS) is 16.6. The highest BCUT2D eigenvalue weighted by molar-refractivity contribution is 5.85. The van der Waals surface area contributed by atoms with Crippen molar-refractivity contribution in [3.05, 3.63) is 35.4 Å². The lowest BCUT2D eigenvalue weighted by Gasteiger charge is -2.36. The number of halogens is 5. The van der Waals surface area contributed by atoms with Crippen molar-refractivity contribution in [2.24, 2.45) is 11.7 Å². The maximum Gasteiger partial charge on any atom is 0.416 e. The van der Waals surface area contributed by atoms with Gasteiger partial charge in [0, 0.05) is 45.2 Å². The highest BCUT2D eigenvalue weighted by Gasteiger charge is 2.30. The fraction of sp³-hybridized carbons (Fsp3) is 0.562. The first-order chi connectivity index (χ1) is 10.8. The zero-order valence-electron chi connectivity index (χ0n) is 14.0. The average molecular weight is 402 g/mol. The number of rotatable bonds is 4. The van der Waals surface area contributed by atoms with E-state index in [0.717, 1.165) is 6.07 Å². The molecule has 0 saturated carbocycles. The lowest BCUT2D eigenvalue weighted by molar-refractivity contribution is -0.138. The van der Waals surface area contributed by atoms with Crippen molar-refractivity contribution in [3.63, 3.8) is 0 Å². The standard InChI is InChI=1S/C16H22F3N3O.2ClH/c1-12(10-20)15(23)22-7-5-21(6-8-22)11-13-3-2-4-14(9-13)16(17,18)19;;/h2-4,9,12H,5-8,10-11,20H2,1H3;2*1H. The fourth-order valence-electron chi connectivity index (χ4n) is 2.64. The Morgan fingerprint density at radius 1 is 1.20 bits per heavy atom. The fourth-order valence-corrected chi connectivity index (χ4v) is 2.64. The maximum absolute atomic E-state index is 12.7. The van der Waals surface area contributed by atoms with Crippen molar-refractivity contribution in [1.82, 2.24) is 9.80 Å². The van der Waals surface area contributed by atoms with Gasteiger partial charge in [-0.25, -0.2) is 0 Å². The molecular formula is C16H24Cl2F3N3O. The van der Waals surface area contributed by atoms with Gasteiger partial charge in [-0.2, -0.15) is 13.2 Å². The van der Waals surface area contributed by atoms with Crippen molar-refractivity contribution in [2.45, 2.75) is 19.6 Å². The van der Waals surface area contributed by atoms with Crippen LogP contribution in [0.4, 0.5) is 13.2 Å². The molecule has 1 fully saturated rings. The number of hydrogen-bond acceptors (Lipinski definition) is 3. The topological polar surface area (TPSA) is 49.6 Å². The number of alkyl halides is 3. The predicted molar refractivity (Wildman–Crippen MR) is 96.0 cm³/mol. The largest absolute Gasteiger partial charge is 0.416 e. The van der Waals surface area contributed by atoms with Gasteiger partial charge in [0.15, 0.2) is 0 Å². The van der Waals surface area contributed by atoms with Gasteiger partial charge in [0.1, 0.15) is 0 Å². The molecule has 1 heterocycles. The van der Waals surface area contributed by atoms with Crippen LogP contribution in [-0.4, -0.2) is 48.4 Å². The third-order valence-electron chi connectivity index (χ3n) is 4.12. The van der Waals surface area contributed by atoms with E-state index in [4.69, 9.17) is 5.73 Å². The molecule has 0 radical (unpaired) electrons. The Bertz CT molecular complexity index is 550. The summed E-state index contributed by atoms with van der Waals surface area (Å²) in [6.45, 7) is 5.06. The molecule has 1 aliphatic heterocycles. The number of hydrogen-bond donors (Lipinski definition) is 1. The van der Waals surface area contributed by atoms with Crippen LogP contribution in [0.2, 0.25) is 0 Å². The van der Waals surface area contributed by atoms with E-state index in [1.54, 1.807) is 17.9 Å². The molecule has 144 valence electrons. The molecule has 9 heteroatoms. The van der Waals surface area contributed by atoms with Crippen molar-refractivity contribution in [2.75, 3.05) is 32.7 Å². The number of carbonyl (C=O) groups excluding carboxylic acids is 1. The molecule has 2 rings (SSSR count). The predicted octanol–water partition coefficient (Wildman–Crippen LogP) is 2.79. The van der Waals surface area contributed by atoms with Crippen molar-refractivity contribution in [1.29, 1.82) is 0 Å². The molecule has 0 aliphatic carbocycles. The SMILES string of the molecule is CC(CN)C(=O)N1CCN(Cc2cccc(C(F)(F)F)c2)CC1.Cl.Cl.